The van der Waals surface area contributed by atoms with Crippen LogP contribution in [0.1, 0.15) is 12.2 Å². The van der Waals surface area contributed by atoms with Crippen LogP contribution in [0.25, 0.3) is 17.4 Å². The summed E-state index contributed by atoms with van der Waals surface area (Å²) in [6.45, 7) is 0. The van der Waals surface area contributed by atoms with E-state index in [1.54, 1.807) is 18.2 Å². The summed E-state index contributed by atoms with van der Waals surface area (Å²) in [6.07, 6.45) is 0.566. The van der Waals surface area contributed by atoms with Gasteiger partial charge in [0, 0.05) is 6.08 Å². The molecule has 1 aliphatic heterocycles. The van der Waals surface area contributed by atoms with Gasteiger partial charge in [-0.1, -0.05) is 36.1 Å². The number of hydrogen-bond acceptors (Lipinski definition) is 6. The van der Waals surface area contributed by atoms with Crippen molar-refractivity contribution >= 4 is 52.2 Å². The maximum Gasteiger partial charge on any atom is 0.327 e. The Morgan fingerprint density at radius 3 is 2.61 bits per heavy atom. The molecule has 2 aromatic rings. The Kier molecular flexibility index (Phi) is 5.61. The number of hydrogen-bond donors (Lipinski definition) is 2. The lowest BCUT2D eigenvalue weighted by Crippen LogP contribution is -2.45. The summed E-state index contributed by atoms with van der Waals surface area (Å²) in [5.74, 6) is -3.54. The Bertz CT molecular complexity index is 1020. The van der Waals surface area contributed by atoms with Crippen molar-refractivity contribution in [2.24, 2.45) is 0 Å². The fourth-order valence-corrected chi connectivity index (χ4v) is 3.91. The molecular weight excluding hydrogens is 409 g/mol. The molecule has 1 fully saturated rings. The first-order valence-corrected chi connectivity index (χ1v) is 9.07. The summed E-state index contributed by atoms with van der Waals surface area (Å²) in [5, 5.41) is 18.1. The molecule has 1 amide bonds. The number of nitrogens with zero attached hydrogens (tertiary/aromatic N) is 1. The number of benzene rings is 1. The SMILES string of the molecule is O=C(O)C[C@@H](C(=O)O)N1C(=O)/C(=C/c2ccc(-c3ccccc3F)o2)SC1=S. The monoisotopic (exact) mass is 421 g/mol. The number of thiocarbonyl (C=S) groups is 1. The van der Waals surface area contributed by atoms with Crippen LogP contribution in [0.4, 0.5) is 4.39 Å². The Balaban J connectivity index is 1.87. The average Bonchev–Trinajstić information content (AvgIpc) is 3.18. The maximum absolute atomic E-state index is 13.9. The second-order valence-electron chi connectivity index (χ2n) is 5.69. The van der Waals surface area contributed by atoms with Gasteiger partial charge in [-0.2, -0.15) is 0 Å². The Hall–Kier alpha value is -2.98. The van der Waals surface area contributed by atoms with Gasteiger partial charge in [0.25, 0.3) is 5.91 Å². The molecule has 0 radical (unpaired) electrons. The Morgan fingerprint density at radius 1 is 1.25 bits per heavy atom. The molecule has 2 N–H and O–H groups in total. The van der Waals surface area contributed by atoms with Gasteiger partial charge in [0.2, 0.25) is 0 Å². The van der Waals surface area contributed by atoms with E-state index >= 15 is 0 Å². The van der Waals surface area contributed by atoms with Crippen LogP contribution in [0.2, 0.25) is 0 Å². The zero-order valence-corrected chi connectivity index (χ0v) is 15.6. The van der Waals surface area contributed by atoms with Crippen LogP contribution in [0.5, 0.6) is 0 Å². The third kappa shape index (κ3) is 3.97. The molecule has 0 aliphatic carbocycles. The van der Waals surface area contributed by atoms with E-state index in [0.29, 0.717) is 0 Å². The lowest BCUT2D eigenvalue weighted by Gasteiger charge is -2.21. The molecule has 144 valence electrons. The van der Waals surface area contributed by atoms with E-state index in [4.69, 9.17) is 21.7 Å². The summed E-state index contributed by atoms with van der Waals surface area (Å²) in [5.41, 5.74) is 0.252. The van der Waals surface area contributed by atoms with E-state index in [-0.39, 0.29) is 26.3 Å². The standard InChI is InChI=1S/C18H12FNO6S2/c19-11-4-2-1-3-10(11)13-6-5-9(26-13)7-14-16(23)20(18(27)28-14)12(17(24)25)8-15(21)22/h1-7,12H,8H2,(H,21,22)(H,24,25)/b14-7-/t12-/m0/s1. The highest BCUT2D eigenvalue weighted by atomic mass is 32.2. The van der Waals surface area contributed by atoms with Crippen LogP contribution < -0.4 is 0 Å². The molecule has 1 aromatic carbocycles. The zero-order valence-electron chi connectivity index (χ0n) is 14.0. The lowest BCUT2D eigenvalue weighted by atomic mass is 10.1. The number of thioether (sulfide) groups is 1. The highest BCUT2D eigenvalue weighted by Crippen LogP contribution is 2.35. The lowest BCUT2D eigenvalue weighted by molar-refractivity contribution is -0.150. The van der Waals surface area contributed by atoms with Crippen molar-refractivity contribution in [3.05, 3.63) is 52.9 Å². The van der Waals surface area contributed by atoms with Crippen LogP contribution in [0.15, 0.2) is 45.7 Å². The number of amides is 1. The zero-order chi connectivity index (χ0) is 20.4. The average molecular weight is 421 g/mol. The molecule has 1 aromatic heterocycles. The summed E-state index contributed by atoms with van der Waals surface area (Å²) >= 11 is 5.89. The largest absolute Gasteiger partial charge is 0.481 e. The van der Waals surface area contributed by atoms with Crippen LogP contribution in [0, 0.1) is 5.82 Å². The second-order valence-corrected chi connectivity index (χ2v) is 7.36. The molecule has 28 heavy (non-hydrogen) atoms. The van der Waals surface area contributed by atoms with Gasteiger partial charge in [0.15, 0.2) is 0 Å². The van der Waals surface area contributed by atoms with Gasteiger partial charge < -0.3 is 14.6 Å². The molecule has 0 bridgehead atoms. The fourth-order valence-electron chi connectivity index (χ4n) is 2.57. The summed E-state index contributed by atoms with van der Waals surface area (Å²) in [6, 6.07) is 7.49. The molecule has 2 heterocycles. The van der Waals surface area contributed by atoms with E-state index < -0.39 is 36.1 Å². The van der Waals surface area contributed by atoms with Gasteiger partial charge in [-0.15, -0.1) is 0 Å². The van der Waals surface area contributed by atoms with Crippen LogP contribution >= 0.6 is 24.0 Å². The summed E-state index contributed by atoms with van der Waals surface area (Å²) in [7, 11) is 0. The normalized spacial score (nSPS) is 16.6. The van der Waals surface area contributed by atoms with Crippen LogP contribution in [-0.2, 0) is 14.4 Å². The van der Waals surface area contributed by atoms with Gasteiger partial charge in [0.1, 0.15) is 27.7 Å². The molecule has 0 unspecified atom stereocenters. The summed E-state index contributed by atoms with van der Waals surface area (Å²) < 4.78 is 19.3. The number of carboxylic acid groups (broad SMARTS) is 2. The van der Waals surface area contributed by atoms with Crippen LogP contribution in [0.3, 0.4) is 0 Å². The highest BCUT2D eigenvalue weighted by Gasteiger charge is 2.41. The molecule has 7 nitrogen and oxygen atoms in total. The minimum absolute atomic E-state index is 0.0641. The van der Waals surface area contributed by atoms with Gasteiger partial charge in [-0.3, -0.25) is 14.5 Å². The number of aliphatic carboxylic acids is 2. The third-order valence-electron chi connectivity index (χ3n) is 3.83. The maximum atomic E-state index is 13.9. The minimum Gasteiger partial charge on any atom is -0.481 e. The fraction of sp³-hybridized carbons (Fsp3) is 0.111. The molecule has 0 spiro atoms. The van der Waals surface area contributed by atoms with E-state index in [0.717, 1.165) is 16.7 Å². The number of rotatable bonds is 6. The van der Waals surface area contributed by atoms with E-state index in [1.807, 2.05) is 0 Å². The molecule has 10 heteroatoms. The molecule has 3 rings (SSSR count). The topological polar surface area (TPSA) is 108 Å². The smallest absolute Gasteiger partial charge is 0.327 e. The summed E-state index contributed by atoms with van der Waals surface area (Å²) in [4.78, 5) is 35.7. The molecular formula is C18H12FNO6S2. The van der Waals surface area contributed by atoms with E-state index in [2.05, 4.69) is 0 Å². The van der Waals surface area contributed by atoms with Crippen molar-refractivity contribution in [1.29, 1.82) is 0 Å². The number of carboxylic acids is 2. The Labute approximate surface area is 167 Å². The molecule has 1 aliphatic rings. The second kappa shape index (κ2) is 7.95. The van der Waals surface area contributed by atoms with Crippen molar-refractivity contribution in [2.45, 2.75) is 12.5 Å². The van der Waals surface area contributed by atoms with Crippen molar-refractivity contribution in [1.82, 2.24) is 4.90 Å². The van der Waals surface area contributed by atoms with Crippen molar-refractivity contribution in [2.75, 3.05) is 0 Å². The number of furan rings is 1. The molecule has 0 saturated carbocycles. The van der Waals surface area contributed by atoms with E-state index in [9.17, 15) is 23.9 Å². The molecule has 1 saturated heterocycles. The van der Waals surface area contributed by atoms with Crippen molar-refractivity contribution < 1.29 is 33.4 Å². The number of halogens is 1. The van der Waals surface area contributed by atoms with Crippen LogP contribution in [-0.4, -0.2) is 43.3 Å². The minimum atomic E-state index is -1.61. The first kappa shape index (κ1) is 19.8. The van der Waals surface area contributed by atoms with E-state index in [1.165, 1.54) is 24.3 Å². The first-order valence-electron chi connectivity index (χ1n) is 7.84. The molecule has 1 atom stereocenters. The Morgan fingerprint density at radius 2 is 1.96 bits per heavy atom. The van der Waals surface area contributed by atoms with Crippen molar-refractivity contribution in [3.63, 3.8) is 0 Å². The first-order chi connectivity index (χ1) is 13.3. The predicted octanol–water partition coefficient (Wildman–Crippen LogP) is 3.21. The van der Waals surface area contributed by atoms with Crippen molar-refractivity contribution in [3.8, 4) is 11.3 Å². The predicted molar refractivity (Wildman–Crippen MR) is 103 cm³/mol. The van der Waals surface area contributed by atoms with Gasteiger partial charge in [-0.25, -0.2) is 9.18 Å². The quantitative estimate of drug-likeness (QED) is 0.541. The highest BCUT2D eigenvalue weighted by molar-refractivity contribution is 8.26. The van der Waals surface area contributed by atoms with Gasteiger partial charge >= 0.3 is 11.9 Å². The van der Waals surface area contributed by atoms with Gasteiger partial charge in [0.05, 0.1) is 16.9 Å². The van der Waals surface area contributed by atoms with Gasteiger partial charge in [-0.05, 0) is 24.3 Å². The number of carbonyl (C=O) groups is 3. The third-order valence-corrected chi connectivity index (χ3v) is 5.16. The number of carbonyl (C=O) groups excluding carboxylic acids is 1.